The molecule has 0 amide bonds. The topological polar surface area (TPSA) is 30.5 Å². The lowest BCUT2D eigenvalue weighted by molar-refractivity contribution is 0.281. The van der Waals surface area contributed by atoms with Crippen molar-refractivity contribution in [2.24, 2.45) is 0 Å². The van der Waals surface area contributed by atoms with Gasteiger partial charge in [0.15, 0.2) is 11.5 Å². The van der Waals surface area contributed by atoms with Crippen LogP contribution in [-0.4, -0.2) is 20.3 Å². The van der Waals surface area contributed by atoms with Gasteiger partial charge in [-0.1, -0.05) is 129 Å². The number of nitrogens with one attached hydrogen (secondary N) is 1. The van der Waals surface area contributed by atoms with Crippen molar-refractivity contribution in [3.05, 3.63) is 23.8 Å². The lowest BCUT2D eigenvalue weighted by Crippen LogP contribution is -2.16. The van der Waals surface area contributed by atoms with Crippen LogP contribution in [0.2, 0.25) is 0 Å². The normalized spacial score (nSPS) is 11.1. The molecule has 0 aromatic heterocycles. The van der Waals surface area contributed by atoms with Crippen molar-refractivity contribution in [3.8, 4) is 11.5 Å². The van der Waals surface area contributed by atoms with Crippen molar-refractivity contribution < 1.29 is 9.47 Å². The molecular weight excluding hydrogens is 406 g/mol. The fourth-order valence-corrected chi connectivity index (χ4v) is 4.40. The summed E-state index contributed by atoms with van der Waals surface area (Å²) in [5.74, 6) is 1.77. The molecule has 1 aromatic carbocycles. The van der Waals surface area contributed by atoms with E-state index in [0.717, 1.165) is 37.6 Å². The maximum atomic E-state index is 6.12. The first-order chi connectivity index (χ1) is 16.3. The average molecular weight is 462 g/mol. The first-order valence-electron chi connectivity index (χ1n) is 14.3. The minimum atomic E-state index is 0.770. The van der Waals surface area contributed by atoms with E-state index < -0.39 is 0 Å². The summed E-state index contributed by atoms with van der Waals surface area (Å²) < 4.78 is 11.7. The molecule has 0 saturated heterocycles. The van der Waals surface area contributed by atoms with Gasteiger partial charge >= 0.3 is 0 Å². The molecule has 0 aliphatic rings. The van der Waals surface area contributed by atoms with Gasteiger partial charge in [-0.3, -0.25) is 0 Å². The molecule has 0 saturated carbocycles. The monoisotopic (exact) mass is 461 g/mol. The predicted molar refractivity (Wildman–Crippen MR) is 145 cm³/mol. The van der Waals surface area contributed by atoms with E-state index in [9.17, 15) is 0 Å². The van der Waals surface area contributed by atoms with Crippen molar-refractivity contribution in [1.82, 2.24) is 5.32 Å². The summed E-state index contributed by atoms with van der Waals surface area (Å²) in [6, 6.07) is 6.22. The largest absolute Gasteiger partial charge is 0.493 e. The number of para-hydroxylation sites is 1. The Morgan fingerprint density at radius 3 is 1.70 bits per heavy atom. The van der Waals surface area contributed by atoms with Gasteiger partial charge in [0.25, 0.3) is 0 Å². The number of rotatable bonds is 24. The Hall–Kier alpha value is -1.22. The lowest BCUT2D eigenvalue weighted by atomic mass is 10.0. The molecule has 0 spiro atoms. The molecule has 0 unspecified atom stereocenters. The second kappa shape index (κ2) is 22.6. The zero-order valence-corrected chi connectivity index (χ0v) is 22.4. The third kappa shape index (κ3) is 16.1. The molecule has 192 valence electrons. The number of unbranched alkanes of at least 4 members (excludes halogenated alkanes) is 16. The van der Waals surface area contributed by atoms with Crippen LogP contribution < -0.4 is 14.8 Å². The number of hydrogen-bond acceptors (Lipinski definition) is 3. The fourth-order valence-electron chi connectivity index (χ4n) is 4.40. The molecule has 1 N–H and O–H groups in total. The molecule has 0 fully saturated rings. The van der Waals surface area contributed by atoms with Gasteiger partial charge in [0.1, 0.15) is 0 Å². The molecular formula is C30H55NO2. The maximum Gasteiger partial charge on any atom is 0.165 e. The Kier molecular flexibility index (Phi) is 20.4. The first-order valence-corrected chi connectivity index (χ1v) is 14.3. The van der Waals surface area contributed by atoms with Crippen LogP contribution in [0.1, 0.15) is 135 Å². The van der Waals surface area contributed by atoms with Crippen molar-refractivity contribution in [3.63, 3.8) is 0 Å². The molecule has 0 radical (unpaired) electrons. The number of methoxy groups -OCH3 is 1. The average Bonchev–Trinajstić information content (AvgIpc) is 2.84. The van der Waals surface area contributed by atoms with Crippen LogP contribution in [0.15, 0.2) is 18.2 Å². The summed E-state index contributed by atoms with van der Waals surface area (Å²) >= 11 is 0. The Labute approximate surface area is 206 Å². The van der Waals surface area contributed by atoms with Crippen LogP contribution >= 0.6 is 0 Å². The zero-order valence-electron chi connectivity index (χ0n) is 22.4. The molecule has 0 atom stereocenters. The molecule has 3 heteroatoms. The summed E-state index contributed by atoms with van der Waals surface area (Å²) in [6.07, 6.45) is 24.6. The van der Waals surface area contributed by atoms with Gasteiger partial charge in [-0.05, 0) is 25.5 Å². The van der Waals surface area contributed by atoms with E-state index in [2.05, 4.69) is 31.3 Å². The molecule has 0 aliphatic carbocycles. The first kappa shape index (κ1) is 29.8. The number of benzene rings is 1. The van der Waals surface area contributed by atoms with Gasteiger partial charge in [0, 0.05) is 12.1 Å². The predicted octanol–water partition coefficient (Wildman–Crippen LogP) is 9.23. The van der Waals surface area contributed by atoms with Crippen molar-refractivity contribution >= 4 is 0 Å². The van der Waals surface area contributed by atoms with Gasteiger partial charge in [0.05, 0.1) is 13.7 Å². The third-order valence-electron chi connectivity index (χ3n) is 6.55. The second-order valence-electron chi connectivity index (χ2n) is 9.63. The number of hydrogen-bond donors (Lipinski definition) is 1. The highest BCUT2D eigenvalue weighted by molar-refractivity contribution is 5.46. The molecule has 0 heterocycles. The zero-order chi connectivity index (χ0) is 23.8. The summed E-state index contributed by atoms with van der Waals surface area (Å²) in [5.41, 5.74) is 1.20. The Balaban J connectivity index is 2.04. The minimum Gasteiger partial charge on any atom is -0.493 e. The molecule has 1 aromatic rings. The third-order valence-corrected chi connectivity index (χ3v) is 6.55. The Bertz CT molecular complexity index is 546. The smallest absolute Gasteiger partial charge is 0.165 e. The maximum absolute atomic E-state index is 6.12. The van der Waals surface area contributed by atoms with E-state index in [1.54, 1.807) is 7.11 Å². The summed E-state index contributed by atoms with van der Waals surface area (Å²) in [6.45, 7) is 7.22. The Morgan fingerprint density at radius 2 is 1.15 bits per heavy atom. The van der Waals surface area contributed by atoms with E-state index >= 15 is 0 Å². The molecule has 33 heavy (non-hydrogen) atoms. The number of ether oxygens (including phenoxy) is 2. The fraction of sp³-hybridized carbons (Fsp3) is 0.800. The van der Waals surface area contributed by atoms with E-state index in [-0.39, 0.29) is 0 Å². The van der Waals surface area contributed by atoms with E-state index in [1.807, 2.05) is 6.07 Å². The van der Waals surface area contributed by atoms with Gasteiger partial charge in [-0.15, -0.1) is 0 Å². The lowest BCUT2D eigenvalue weighted by Gasteiger charge is -2.15. The van der Waals surface area contributed by atoms with Gasteiger partial charge in [-0.2, -0.15) is 0 Å². The van der Waals surface area contributed by atoms with Crippen LogP contribution in [-0.2, 0) is 6.54 Å². The van der Waals surface area contributed by atoms with Crippen LogP contribution in [0, 0.1) is 0 Å². The highest BCUT2D eigenvalue weighted by atomic mass is 16.5. The van der Waals surface area contributed by atoms with Crippen molar-refractivity contribution in [1.29, 1.82) is 0 Å². The molecule has 3 nitrogen and oxygen atoms in total. The molecule has 0 aliphatic heterocycles. The van der Waals surface area contributed by atoms with Crippen LogP contribution in [0.5, 0.6) is 11.5 Å². The summed E-state index contributed by atoms with van der Waals surface area (Å²) in [7, 11) is 1.73. The quantitative estimate of drug-likeness (QED) is 0.156. The second-order valence-corrected chi connectivity index (χ2v) is 9.63. The van der Waals surface area contributed by atoms with Gasteiger partial charge in [-0.25, -0.2) is 0 Å². The summed E-state index contributed by atoms with van der Waals surface area (Å²) in [5, 5.41) is 3.61. The molecule has 0 bridgehead atoms. The van der Waals surface area contributed by atoms with Gasteiger partial charge in [0.2, 0.25) is 0 Å². The van der Waals surface area contributed by atoms with E-state index in [0.29, 0.717) is 0 Å². The van der Waals surface area contributed by atoms with E-state index in [1.165, 1.54) is 115 Å². The molecule has 1 rings (SSSR count). The highest BCUT2D eigenvalue weighted by Gasteiger charge is 2.10. The summed E-state index contributed by atoms with van der Waals surface area (Å²) in [4.78, 5) is 0. The van der Waals surface area contributed by atoms with Crippen molar-refractivity contribution in [2.75, 3.05) is 20.3 Å². The SMILES string of the molecule is CCCCCCCCCCCCCCCCNCc1cccc(OC)c1OCCCCCC. The van der Waals surface area contributed by atoms with Crippen LogP contribution in [0.25, 0.3) is 0 Å². The standard InChI is InChI=1S/C30H55NO2/c1-4-6-8-10-11-12-13-14-15-16-17-18-19-20-25-31-27-28-23-22-24-29(32-3)30(28)33-26-21-9-7-5-2/h22-24,31H,4-21,25-27H2,1-3H3. The van der Waals surface area contributed by atoms with Crippen LogP contribution in [0.3, 0.4) is 0 Å². The Morgan fingerprint density at radius 1 is 0.636 bits per heavy atom. The minimum absolute atomic E-state index is 0.770. The van der Waals surface area contributed by atoms with Crippen molar-refractivity contribution in [2.45, 2.75) is 136 Å². The highest BCUT2D eigenvalue weighted by Crippen LogP contribution is 2.31. The van der Waals surface area contributed by atoms with E-state index in [4.69, 9.17) is 9.47 Å². The van der Waals surface area contributed by atoms with Gasteiger partial charge < -0.3 is 14.8 Å². The van der Waals surface area contributed by atoms with Crippen LogP contribution in [0.4, 0.5) is 0 Å².